The van der Waals surface area contributed by atoms with E-state index in [4.69, 9.17) is 51.8 Å². The monoisotopic (exact) mass is 542 g/mol. The molecule has 0 spiro atoms. The number of methoxy groups -OCH3 is 1. The van der Waals surface area contributed by atoms with Gasteiger partial charge < -0.3 is 19.9 Å². The third-order valence-electron chi connectivity index (χ3n) is 5.32. The van der Waals surface area contributed by atoms with Crippen molar-refractivity contribution >= 4 is 75.3 Å². The molecule has 182 valence electrons. The van der Waals surface area contributed by atoms with Crippen LogP contribution in [0, 0.1) is 5.92 Å². The predicted molar refractivity (Wildman–Crippen MR) is 142 cm³/mol. The van der Waals surface area contributed by atoms with Gasteiger partial charge in [-0.25, -0.2) is 0 Å². The first kappa shape index (κ1) is 26.3. The van der Waals surface area contributed by atoms with Gasteiger partial charge in [-0.2, -0.15) is 0 Å². The van der Waals surface area contributed by atoms with Gasteiger partial charge in [-0.1, -0.05) is 48.7 Å². The summed E-state index contributed by atoms with van der Waals surface area (Å²) in [6.45, 7) is 6.53. The number of thiocarbonyl (C=S) groups is 1. The van der Waals surface area contributed by atoms with Gasteiger partial charge in [0.25, 0.3) is 5.91 Å². The van der Waals surface area contributed by atoms with Crippen molar-refractivity contribution < 1.29 is 14.3 Å². The Morgan fingerprint density at radius 2 is 1.62 bits per heavy atom. The second-order valence-electron chi connectivity index (χ2n) is 8.01. The summed E-state index contributed by atoms with van der Waals surface area (Å²) in [5.74, 6) is -0.0210. The molecule has 0 unspecified atom stereocenters. The summed E-state index contributed by atoms with van der Waals surface area (Å²) in [5, 5.41) is 6.61. The SMILES string of the molecule is COc1c(Cl)cc(C(=O)NC(=S)Nc2ccc(N3CCN(C(=O)C(C)C)CC3)c(Cl)c2)cc1Cl. The van der Waals surface area contributed by atoms with Crippen LogP contribution in [-0.4, -0.2) is 55.1 Å². The lowest BCUT2D eigenvalue weighted by atomic mass is 10.1. The highest BCUT2D eigenvalue weighted by Crippen LogP contribution is 2.34. The number of hydrogen-bond donors (Lipinski definition) is 2. The maximum Gasteiger partial charge on any atom is 0.257 e. The highest BCUT2D eigenvalue weighted by molar-refractivity contribution is 7.80. The van der Waals surface area contributed by atoms with Crippen molar-refractivity contribution in [2.24, 2.45) is 5.92 Å². The number of amides is 2. The Kier molecular flexibility index (Phi) is 8.87. The predicted octanol–water partition coefficient (Wildman–Crippen LogP) is 5.09. The lowest BCUT2D eigenvalue weighted by Gasteiger charge is -2.37. The van der Waals surface area contributed by atoms with E-state index in [0.717, 1.165) is 5.69 Å². The number of rotatable bonds is 5. The molecule has 1 heterocycles. The van der Waals surface area contributed by atoms with Gasteiger partial charge in [-0.3, -0.25) is 14.9 Å². The number of halogens is 3. The summed E-state index contributed by atoms with van der Waals surface area (Å²) in [5.41, 5.74) is 1.74. The molecular formula is C23H25Cl3N4O3S. The molecule has 0 aromatic heterocycles. The zero-order valence-corrected chi connectivity index (χ0v) is 22.0. The van der Waals surface area contributed by atoms with Crippen LogP contribution >= 0.6 is 47.0 Å². The summed E-state index contributed by atoms with van der Waals surface area (Å²) in [4.78, 5) is 28.8. The Hall–Kier alpha value is -2.26. The molecule has 2 aromatic rings. The molecular weight excluding hydrogens is 519 g/mol. The third-order valence-corrected chi connectivity index (χ3v) is 6.39. The van der Waals surface area contributed by atoms with E-state index in [0.29, 0.717) is 42.6 Å². The molecule has 1 fully saturated rings. The second-order valence-corrected chi connectivity index (χ2v) is 9.64. The van der Waals surface area contributed by atoms with Crippen LogP contribution in [0.4, 0.5) is 11.4 Å². The highest BCUT2D eigenvalue weighted by Gasteiger charge is 2.24. The lowest BCUT2D eigenvalue weighted by molar-refractivity contribution is -0.134. The van der Waals surface area contributed by atoms with Crippen molar-refractivity contribution in [2.75, 3.05) is 43.5 Å². The van der Waals surface area contributed by atoms with Crippen LogP contribution < -0.4 is 20.3 Å². The Bertz CT molecular complexity index is 1080. The Morgan fingerprint density at radius 1 is 1.00 bits per heavy atom. The molecule has 0 radical (unpaired) electrons. The second kappa shape index (κ2) is 11.4. The molecule has 11 heteroatoms. The molecule has 0 bridgehead atoms. The fourth-order valence-corrected chi connectivity index (χ4v) is 4.75. The lowest BCUT2D eigenvalue weighted by Crippen LogP contribution is -2.50. The number of ether oxygens (including phenoxy) is 1. The van der Waals surface area contributed by atoms with E-state index in [1.807, 2.05) is 30.9 Å². The van der Waals surface area contributed by atoms with Crippen LogP contribution in [0.2, 0.25) is 15.1 Å². The number of carbonyl (C=O) groups excluding carboxylic acids is 2. The smallest absolute Gasteiger partial charge is 0.257 e. The van der Waals surface area contributed by atoms with E-state index in [1.54, 1.807) is 6.07 Å². The molecule has 2 aromatic carbocycles. The number of piperazine rings is 1. The van der Waals surface area contributed by atoms with E-state index in [2.05, 4.69) is 15.5 Å². The Labute approximate surface area is 219 Å². The van der Waals surface area contributed by atoms with Crippen molar-refractivity contribution in [1.29, 1.82) is 0 Å². The molecule has 0 atom stereocenters. The molecule has 2 N–H and O–H groups in total. The van der Waals surface area contributed by atoms with Gasteiger partial charge in [-0.15, -0.1) is 0 Å². The van der Waals surface area contributed by atoms with Gasteiger partial charge in [0.05, 0.1) is 27.9 Å². The topological polar surface area (TPSA) is 73.9 Å². The van der Waals surface area contributed by atoms with E-state index in [-0.39, 0.29) is 32.5 Å². The van der Waals surface area contributed by atoms with E-state index >= 15 is 0 Å². The fraction of sp³-hybridized carbons (Fsp3) is 0.348. The van der Waals surface area contributed by atoms with Crippen LogP contribution in [0.3, 0.4) is 0 Å². The van der Waals surface area contributed by atoms with E-state index in [1.165, 1.54) is 19.2 Å². The van der Waals surface area contributed by atoms with Crippen molar-refractivity contribution in [1.82, 2.24) is 10.2 Å². The number of anilines is 2. The average Bonchev–Trinajstić information content (AvgIpc) is 2.78. The minimum absolute atomic E-state index is 0.0106. The molecule has 1 aliphatic heterocycles. The maximum absolute atomic E-state index is 12.5. The Balaban J connectivity index is 1.60. The van der Waals surface area contributed by atoms with E-state index in [9.17, 15) is 9.59 Å². The molecule has 1 aliphatic rings. The van der Waals surface area contributed by atoms with Crippen LogP contribution in [0.1, 0.15) is 24.2 Å². The van der Waals surface area contributed by atoms with Crippen molar-refractivity contribution in [2.45, 2.75) is 13.8 Å². The molecule has 34 heavy (non-hydrogen) atoms. The quantitative estimate of drug-likeness (QED) is 0.512. The first-order chi connectivity index (χ1) is 16.1. The maximum atomic E-state index is 12.5. The standard InChI is InChI=1S/C23H25Cl3N4O3S/c1-13(2)22(32)30-8-6-29(7-9-30)19-5-4-15(12-16(19)24)27-23(34)28-21(31)14-10-17(25)20(33-3)18(26)11-14/h4-5,10-13H,6-9H2,1-3H3,(H2,27,28,31,34). The molecule has 0 saturated carbocycles. The largest absolute Gasteiger partial charge is 0.494 e. The summed E-state index contributed by atoms with van der Waals surface area (Å²) >= 11 is 24.0. The van der Waals surface area contributed by atoms with Gasteiger partial charge in [0.1, 0.15) is 0 Å². The zero-order chi connectivity index (χ0) is 25.0. The van der Waals surface area contributed by atoms with Crippen molar-refractivity contribution in [3.8, 4) is 5.75 Å². The molecule has 1 saturated heterocycles. The number of hydrogen-bond acceptors (Lipinski definition) is 5. The van der Waals surface area contributed by atoms with Gasteiger partial charge in [0.2, 0.25) is 5.91 Å². The van der Waals surface area contributed by atoms with Crippen LogP contribution in [-0.2, 0) is 4.79 Å². The van der Waals surface area contributed by atoms with Crippen LogP contribution in [0.5, 0.6) is 5.75 Å². The summed E-state index contributed by atoms with van der Waals surface area (Å²) in [6, 6.07) is 8.35. The minimum Gasteiger partial charge on any atom is -0.494 e. The number of nitrogens with zero attached hydrogens (tertiary/aromatic N) is 2. The number of benzene rings is 2. The molecule has 7 nitrogen and oxygen atoms in total. The number of carbonyl (C=O) groups is 2. The van der Waals surface area contributed by atoms with Crippen LogP contribution in [0.25, 0.3) is 0 Å². The average molecular weight is 544 g/mol. The first-order valence-electron chi connectivity index (χ1n) is 10.6. The zero-order valence-electron chi connectivity index (χ0n) is 19.0. The van der Waals surface area contributed by atoms with Gasteiger partial charge >= 0.3 is 0 Å². The van der Waals surface area contributed by atoms with Gasteiger partial charge in [0, 0.05) is 43.3 Å². The molecule has 3 rings (SSSR count). The fourth-order valence-electron chi connectivity index (χ4n) is 3.60. The summed E-state index contributed by atoms with van der Waals surface area (Å²) in [7, 11) is 1.44. The van der Waals surface area contributed by atoms with Crippen molar-refractivity contribution in [3.63, 3.8) is 0 Å². The Morgan fingerprint density at radius 3 is 2.15 bits per heavy atom. The van der Waals surface area contributed by atoms with E-state index < -0.39 is 5.91 Å². The first-order valence-corrected chi connectivity index (χ1v) is 12.1. The van der Waals surface area contributed by atoms with Crippen LogP contribution in [0.15, 0.2) is 30.3 Å². The highest BCUT2D eigenvalue weighted by atomic mass is 35.5. The van der Waals surface area contributed by atoms with Gasteiger partial charge in [0.15, 0.2) is 10.9 Å². The molecule has 0 aliphatic carbocycles. The van der Waals surface area contributed by atoms with Gasteiger partial charge in [-0.05, 0) is 42.5 Å². The number of nitrogens with one attached hydrogen (secondary N) is 2. The summed E-state index contributed by atoms with van der Waals surface area (Å²) < 4.78 is 5.09. The van der Waals surface area contributed by atoms with Crippen molar-refractivity contribution in [3.05, 3.63) is 51.0 Å². The minimum atomic E-state index is -0.472. The normalized spacial score (nSPS) is 13.6. The summed E-state index contributed by atoms with van der Waals surface area (Å²) in [6.07, 6.45) is 0. The third kappa shape index (κ3) is 6.24. The molecule has 2 amide bonds.